The van der Waals surface area contributed by atoms with E-state index in [1.165, 1.54) is 12.5 Å². The van der Waals surface area contributed by atoms with Crippen LogP contribution in [0.3, 0.4) is 0 Å². The van der Waals surface area contributed by atoms with E-state index in [1.54, 1.807) is 13.2 Å². The minimum atomic E-state index is -0.389. The molecule has 0 aromatic heterocycles. The summed E-state index contributed by atoms with van der Waals surface area (Å²) >= 11 is 6.02. The average molecular weight is 300 g/mol. The van der Waals surface area contributed by atoms with Gasteiger partial charge in [0, 0.05) is 13.2 Å². The van der Waals surface area contributed by atoms with E-state index >= 15 is 0 Å². The largest absolute Gasteiger partial charge is 0.377 e. The average Bonchev–Trinajstić information content (AvgIpc) is 2.43. The highest BCUT2D eigenvalue weighted by molar-refractivity contribution is 6.31. The van der Waals surface area contributed by atoms with Crippen molar-refractivity contribution in [2.24, 2.45) is 11.7 Å². The summed E-state index contributed by atoms with van der Waals surface area (Å²) in [7, 11) is 1.73. The number of hydrogen-bond donors (Lipinski definition) is 1. The molecule has 3 unspecified atom stereocenters. The van der Waals surface area contributed by atoms with Crippen molar-refractivity contribution in [3.8, 4) is 0 Å². The van der Waals surface area contributed by atoms with Gasteiger partial charge in [0.05, 0.1) is 10.6 Å². The minimum Gasteiger partial charge on any atom is -0.377 e. The van der Waals surface area contributed by atoms with Crippen LogP contribution >= 0.6 is 11.6 Å². The van der Waals surface area contributed by atoms with Crippen LogP contribution in [0.1, 0.15) is 38.2 Å². The summed E-state index contributed by atoms with van der Waals surface area (Å²) in [6, 6.07) is 4.70. The van der Waals surface area contributed by atoms with Gasteiger partial charge in [-0.25, -0.2) is 4.39 Å². The Bertz CT molecular complexity index is 468. The van der Waals surface area contributed by atoms with Crippen molar-refractivity contribution >= 4 is 11.6 Å². The van der Waals surface area contributed by atoms with Crippen molar-refractivity contribution in [2.75, 3.05) is 7.11 Å². The van der Waals surface area contributed by atoms with Gasteiger partial charge >= 0.3 is 0 Å². The molecule has 0 saturated heterocycles. The van der Waals surface area contributed by atoms with Crippen LogP contribution in [-0.2, 0) is 11.2 Å². The van der Waals surface area contributed by atoms with Gasteiger partial charge < -0.3 is 10.5 Å². The zero-order valence-electron chi connectivity index (χ0n) is 12.2. The molecule has 3 atom stereocenters. The topological polar surface area (TPSA) is 35.2 Å². The number of halogens is 2. The molecule has 112 valence electrons. The van der Waals surface area contributed by atoms with Crippen molar-refractivity contribution in [2.45, 2.75) is 50.7 Å². The van der Waals surface area contributed by atoms with Crippen LogP contribution in [0.15, 0.2) is 18.2 Å². The second-order valence-corrected chi connectivity index (χ2v) is 6.37. The van der Waals surface area contributed by atoms with Crippen molar-refractivity contribution in [3.63, 3.8) is 0 Å². The highest BCUT2D eigenvalue weighted by Crippen LogP contribution is 2.38. The molecule has 2 rings (SSSR count). The van der Waals surface area contributed by atoms with E-state index in [2.05, 4.69) is 6.92 Å². The van der Waals surface area contributed by atoms with E-state index in [1.807, 2.05) is 6.07 Å². The Hall–Kier alpha value is -0.640. The summed E-state index contributed by atoms with van der Waals surface area (Å²) in [5, 5.41) is 0.179. The molecule has 0 radical (unpaired) electrons. The number of rotatable bonds is 4. The number of hydrogen-bond acceptors (Lipinski definition) is 2. The van der Waals surface area contributed by atoms with Gasteiger partial charge in [0.1, 0.15) is 5.82 Å². The van der Waals surface area contributed by atoms with E-state index in [9.17, 15) is 4.39 Å². The summed E-state index contributed by atoms with van der Waals surface area (Å²) in [5.74, 6) is 0.220. The molecule has 0 spiro atoms. The molecular formula is C16H23ClFNO. The maximum Gasteiger partial charge on any atom is 0.142 e. The van der Waals surface area contributed by atoms with E-state index < -0.39 is 0 Å². The maximum absolute atomic E-state index is 13.5. The Morgan fingerprint density at radius 3 is 2.95 bits per heavy atom. The lowest BCUT2D eigenvalue weighted by atomic mass is 9.73. The molecule has 0 heterocycles. The third-order valence-corrected chi connectivity index (χ3v) is 4.97. The maximum atomic E-state index is 13.5. The first kappa shape index (κ1) is 15.7. The second kappa shape index (κ2) is 6.42. The van der Waals surface area contributed by atoms with Gasteiger partial charge in [0.2, 0.25) is 0 Å². The SMILES string of the molecule is COC1(C(N)Cc2cccc(F)c2Cl)CCCC(C)C1. The molecule has 20 heavy (non-hydrogen) atoms. The second-order valence-electron chi connectivity index (χ2n) is 5.99. The molecule has 4 heteroatoms. The molecule has 0 amide bonds. The molecule has 0 aliphatic heterocycles. The Labute approximate surface area is 125 Å². The van der Waals surface area contributed by atoms with Crippen molar-refractivity contribution in [1.29, 1.82) is 0 Å². The van der Waals surface area contributed by atoms with Crippen LogP contribution in [0, 0.1) is 11.7 Å². The van der Waals surface area contributed by atoms with Crippen LogP contribution in [0.25, 0.3) is 0 Å². The predicted octanol–water partition coefficient (Wildman–Crippen LogP) is 3.94. The van der Waals surface area contributed by atoms with Gasteiger partial charge in [-0.05, 0) is 36.8 Å². The zero-order valence-corrected chi connectivity index (χ0v) is 12.9. The Morgan fingerprint density at radius 2 is 2.30 bits per heavy atom. The van der Waals surface area contributed by atoms with Crippen LogP contribution in [0.5, 0.6) is 0 Å². The normalized spacial score (nSPS) is 28.4. The lowest BCUT2D eigenvalue weighted by molar-refractivity contribution is -0.0705. The fourth-order valence-electron chi connectivity index (χ4n) is 3.35. The highest BCUT2D eigenvalue weighted by Gasteiger charge is 2.40. The predicted molar refractivity (Wildman–Crippen MR) is 80.5 cm³/mol. The lowest BCUT2D eigenvalue weighted by Crippen LogP contribution is -2.53. The fraction of sp³-hybridized carbons (Fsp3) is 0.625. The smallest absolute Gasteiger partial charge is 0.142 e. The third-order valence-electron chi connectivity index (χ3n) is 4.54. The van der Waals surface area contributed by atoms with E-state index in [-0.39, 0.29) is 22.5 Å². The summed E-state index contributed by atoms with van der Waals surface area (Å²) in [6.07, 6.45) is 4.80. The third kappa shape index (κ3) is 3.16. The van der Waals surface area contributed by atoms with Crippen LogP contribution < -0.4 is 5.73 Å². The first-order chi connectivity index (χ1) is 9.48. The van der Waals surface area contributed by atoms with Gasteiger partial charge in [-0.15, -0.1) is 0 Å². The van der Waals surface area contributed by atoms with Gasteiger partial charge in [0.25, 0.3) is 0 Å². The van der Waals surface area contributed by atoms with E-state index in [4.69, 9.17) is 22.1 Å². The summed E-state index contributed by atoms with van der Waals surface area (Å²) in [4.78, 5) is 0. The molecular weight excluding hydrogens is 277 g/mol. The van der Waals surface area contributed by atoms with E-state index in [0.717, 1.165) is 24.8 Å². The van der Waals surface area contributed by atoms with Crippen LogP contribution in [-0.4, -0.2) is 18.8 Å². The Balaban J connectivity index is 2.17. The Morgan fingerprint density at radius 1 is 1.55 bits per heavy atom. The van der Waals surface area contributed by atoms with Crippen LogP contribution in [0.4, 0.5) is 4.39 Å². The summed E-state index contributed by atoms with van der Waals surface area (Å²) in [6.45, 7) is 2.23. The first-order valence-corrected chi connectivity index (χ1v) is 7.60. The molecule has 2 nitrogen and oxygen atoms in total. The van der Waals surface area contributed by atoms with Gasteiger partial charge in [0.15, 0.2) is 0 Å². The Kier molecular flexibility index (Phi) is 5.05. The van der Waals surface area contributed by atoms with Crippen molar-refractivity contribution in [3.05, 3.63) is 34.6 Å². The highest BCUT2D eigenvalue weighted by atomic mass is 35.5. The molecule has 1 saturated carbocycles. The standard InChI is InChI=1S/C16H23ClFNO/c1-11-5-4-8-16(10-11,20-2)14(19)9-12-6-3-7-13(18)15(12)17/h3,6-7,11,14H,4-5,8-10,19H2,1-2H3. The van der Waals surface area contributed by atoms with Crippen LogP contribution in [0.2, 0.25) is 5.02 Å². The van der Waals surface area contributed by atoms with Crippen molar-refractivity contribution < 1.29 is 9.13 Å². The molecule has 1 aromatic carbocycles. The first-order valence-electron chi connectivity index (χ1n) is 7.22. The molecule has 1 aromatic rings. The van der Waals surface area contributed by atoms with Gasteiger partial charge in [-0.1, -0.05) is 43.5 Å². The van der Waals surface area contributed by atoms with E-state index in [0.29, 0.717) is 12.3 Å². The molecule has 1 aliphatic rings. The molecule has 0 bridgehead atoms. The summed E-state index contributed by atoms with van der Waals surface area (Å²) < 4.78 is 19.3. The molecule has 2 N–H and O–H groups in total. The fourth-order valence-corrected chi connectivity index (χ4v) is 3.55. The summed E-state index contributed by atoms with van der Waals surface area (Å²) in [5.41, 5.74) is 6.85. The quantitative estimate of drug-likeness (QED) is 0.914. The number of ether oxygens (including phenoxy) is 1. The monoisotopic (exact) mass is 299 g/mol. The number of nitrogens with two attached hydrogens (primary N) is 1. The number of methoxy groups -OCH3 is 1. The minimum absolute atomic E-state index is 0.172. The lowest BCUT2D eigenvalue weighted by Gasteiger charge is -2.43. The van der Waals surface area contributed by atoms with Crippen molar-refractivity contribution in [1.82, 2.24) is 0 Å². The zero-order chi connectivity index (χ0) is 14.8. The molecule has 1 aliphatic carbocycles. The molecule has 1 fully saturated rings. The van der Waals surface area contributed by atoms with Gasteiger partial charge in [-0.3, -0.25) is 0 Å². The van der Waals surface area contributed by atoms with Gasteiger partial charge in [-0.2, -0.15) is 0 Å². The number of benzene rings is 1.